The number of hydrogen-bond donors (Lipinski definition) is 2. The van der Waals surface area contributed by atoms with E-state index in [4.69, 9.17) is 10.5 Å². The number of ether oxygens (including phenoxy) is 1. The van der Waals surface area contributed by atoms with Crippen molar-refractivity contribution in [3.05, 3.63) is 47.9 Å². The van der Waals surface area contributed by atoms with Crippen LogP contribution in [0.15, 0.2) is 36.7 Å². The lowest BCUT2D eigenvalue weighted by Gasteiger charge is -2.35. The highest BCUT2D eigenvalue weighted by molar-refractivity contribution is 5.98. The molecule has 3 N–H and O–H groups in total. The van der Waals surface area contributed by atoms with Gasteiger partial charge in [0.25, 0.3) is 11.8 Å². The second-order valence-electron chi connectivity index (χ2n) is 7.11. The summed E-state index contributed by atoms with van der Waals surface area (Å²) < 4.78 is 4.83. The molecule has 0 radical (unpaired) electrons. The predicted octanol–water partition coefficient (Wildman–Crippen LogP) is 0.0665. The summed E-state index contributed by atoms with van der Waals surface area (Å²) in [6.07, 6.45) is 3.48. The van der Waals surface area contributed by atoms with Crippen LogP contribution in [0, 0.1) is 0 Å². The summed E-state index contributed by atoms with van der Waals surface area (Å²) >= 11 is 0. The number of rotatable bonds is 4. The van der Waals surface area contributed by atoms with Gasteiger partial charge in [-0.3, -0.25) is 14.6 Å². The molecule has 30 heavy (non-hydrogen) atoms. The molecule has 0 bridgehead atoms. The Morgan fingerprint density at radius 2 is 1.93 bits per heavy atom. The number of piperazine rings is 1. The van der Waals surface area contributed by atoms with E-state index in [1.807, 2.05) is 4.90 Å². The number of carbonyl (C=O) groups excluding carboxylic acids is 3. The fraction of sp³-hybridized carbons (Fsp3) is 0.350. The highest BCUT2D eigenvalue weighted by atomic mass is 16.5. The molecular weight excluding hydrogens is 388 g/mol. The quantitative estimate of drug-likeness (QED) is 0.677. The van der Waals surface area contributed by atoms with E-state index in [-0.39, 0.29) is 17.2 Å². The maximum absolute atomic E-state index is 12.8. The lowest BCUT2D eigenvalue weighted by molar-refractivity contribution is -0.139. The van der Waals surface area contributed by atoms with Crippen LogP contribution in [0.3, 0.4) is 0 Å². The number of nitrogens with two attached hydrogens (primary N) is 1. The maximum atomic E-state index is 12.8. The molecule has 156 valence electrons. The first-order chi connectivity index (χ1) is 14.5. The van der Waals surface area contributed by atoms with Crippen molar-refractivity contribution in [1.29, 1.82) is 0 Å². The number of pyridine rings is 2. The van der Waals surface area contributed by atoms with Gasteiger partial charge in [0.2, 0.25) is 0 Å². The van der Waals surface area contributed by atoms with Crippen LogP contribution in [0.4, 0.5) is 11.5 Å². The molecule has 1 atom stereocenters. The molecule has 2 fully saturated rings. The summed E-state index contributed by atoms with van der Waals surface area (Å²) in [6, 6.07) is 6.00. The third-order valence-corrected chi connectivity index (χ3v) is 5.17. The van der Waals surface area contributed by atoms with Crippen LogP contribution in [0.1, 0.15) is 27.3 Å². The summed E-state index contributed by atoms with van der Waals surface area (Å²) in [6.45, 7) is 2.57. The lowest BCUT2D eigenvalue weighted by Crippen LogP contribution is -2.49. The van der Waals surface area contributed by atoms with Crippen molar-refractivity contribution in [2.24, 2.45) is 0 Å². The lowest BCUT2D eigenvalue weighted by atomic mass is 10.2. The number of nitrogens with zero attached hydrogens (tertiary/aromatic N) is 4. The molecular formula is C20H22N6O4. The van der Waals surface area contributed by atoms with Crippen molar-refractivity contribution >= 4 is 29.3 Å². The Morgan fingerprint density at radius 3 is 2.57 bits per heavy atom. The Balaban J connectivity index is 1.34. The van der Waals surface area contributed by atoms with E-state index < -0.39 is 17.9 Å². The molecule has 10 heteroatoms. The smallest absolute Gasteiger partial charge is 0.328 e. The van der Waals surface area contributed by atoms with Crippen molar-refractivity contribution in [3.8, 4) is 0 Å². The van der Waals surface area contributed by atoms with Gasteiger partial charge in [0.05, 0.1) is 17.9 Å². The third kappa shape index (κ3) is 4.02. The first-order valence-electron chi connectivity index (χ1n) is 9.71. The van der Waals surface area contributed by atoms with Gasteiger partial charge in [-0.05, 0) is 24.3 Å². The topological polar surface area (TPSA) is 131 Å². The van der Waals surface area contributed by atoms with Gasteiger partial charge in [0.15, 0.2) is 5.82 Å². The number of aromatic nitrogens is 2. The van der Waals surface area contributed by atoms with E-state index in [1.54, 1.807) is 23.2 Å². The van der Waals surface area contributed by atoms with Crippen LogP contribution in [-0.2, 0) is 9.53 Å². The summed E-state index contributed by atoms with van der Waals surface area (Å²) in [5, 5.41) is 2.61. The fourth-order valence-electron chi connectivity index (χ4n) is 3.48. The molecule has 2 aliphatic rings. The third-order valence-electron chi connectivity index (χ3n) is 5.17. The summed E-state index contributed by atoms with van der Waals surface area (Å²) in [7, 11) is 0. The molecule has 0 saturated carbocycles. The first-order valence-corrected chi connectivity index (χ1v) is 9.71. The number of anilines is 2. The van der Waals surface area contributed by atoms with E-state index in [2.05, 4.69) is 15.3 Å². The summed E-state index contributed by atoms with van der Waals surface area (Å²) in [4.78, 5) is 48.7. The number of esters is 1. The van der Waals surface area contributed by atoms with E-state index in [9.17, 15) is 14.4 Å². The van der Waals surface area contributed by atoms with Crippen LogP contribution in [0.5, 0.6) is 0 Å². The van der Waals surface area contributed by atoms with Crippen molar-refractivity contribution in [2.45, 2.75) is 12.5 Å². The molecule has 1 unspecified atom stereocenters. The minimum Gasteiger partial charge on any atom is -0.464 e. The van der Waals surface area contributed by atoms with Gasteiger partial charge in [-0.25, -0.2) is 9.78 Å². The molecule has 4 heterocycles. The minimum absolute atomic E-state index is 0.199. The van der Waals surface area contributed by atoms with Crippen LogP contribution in [0.2, 0.25) is 0 Å². The second-order valence-corrected chi connectivity index (χ2v) is 7.11. The molecule has 2 aromatic rings. The molecule has 2 aliphatic heterocycles. The Kier molecular flexibility index (Phi) is 5.46. The van der Waals surface area contributed by atoms with Crippen molar-refractivity contribution in [1.82, 2.24) is 20.2 Å². The Labute approximate surface area is 173 Å². The van der Waals surface area contributed by atoms with Gasteiger partial charge < -0.3 is 25.6 Å². The summed E-state index contributed by atoms with van der Waals surface area (Å²) in [5.74, 6) is -0.333. The zero-order chi connectivity index (χ0) is 21.1. The van der Waals surface area contributed by atoms with Gasteiger partial charge in [0, 0.05) is 45.0 Å². The number of cyclic esters (lactones) is 1. The fourth-order valence-corrected chi connectivity index (χ4v) is 3.48. The Morgan fingerprint density at radius 1 is 1.13 bits per heavy atom. The van der Waals surface area contributed by atoms with Crippen LogP contribution < -0.4 is 16.0 Å². The largest absolute Gasteiger partial charge is 0.464 e. The van der Waals surface area contributed by atoms with Gasteiger partial charge in [-0.15, -0.1) is 0 Å². The number of nitrogens with one attached hydrogen (secondary N) is 1. The average Bonchev–Trinajstić information content (AvgIpc) is 3.18. The summed E-state index contributed by atoms with van der Waals surface area (Å²) in [5.41, 5.74) is 7.13. The second kappa shape index (κ2) is 8.36. The van der Waals surface area contributed by atoms with E-state index >= 15 is 0 Å². The molecule has 2 saturated heterocycles. The monoisotopic (exact) mass is 410 g/mol. The highest BCUT2D eigenvalue weighted by Gasteiger charge is 2.29. The predicted molar refractivity (Wildman–Crippen MR) is 108 cm³/mol. The number of nitrogen functional groups attached to an aromatic ring is 1. The van der Waals surface area contributed by atoms with E-state index in [0.717, 1.165) is 5.82 Å². The van der Waals surface area contributed by atoms with Crippen molar-refractivity contribution in [2.75, 3.05) is 43.4 Å². The maximum Gasteiger partial charge on any atom is 0.328 e. The van der Waals surface area contributed by atoms with Gasteiger partial charge in [-0.2, -0.15) is 0 Å². The molecule has 2 amide bonds. The van der Waals surface area contributed by atoms with Crippen molar-refractivity contribution in [3.63, 3.8) is 0 Å². The zero-order valence-electron chi connectivity index (χ0n) is 16.3. The standard InChI is InChI=1S/C20H22N6O4/c21-14-2-1-6-22-17(14)25-7-9-26(10-8-25)19(28)15-4-3-13(12-23-15)18(27)24-16-5-11-30-20(16)29/h1-4,6,12,16H,5,7-11,21H2,(H,24,27). The van der Waals surface area contributed by atoms with Crippen molar-refractivity contribution < 1.29 is 19.1 Å². The number of hydrogen-bond acceptors (Lipinski definition) is 8. The van der Waals surface area contributed by atoms with Gasteiger partial charge >= 0.3 is 5.97 Å². The zero-order valence-corrected chi connectivity index (χ0v) is 16.3. The Hall–Kier alpha value is -3.69. The number of carbonyl (C=O) groups is 3. The van der Waals surface area contributed by atoms with Crippen LogP contribution in [-0.4, -0.2) is 71.5 Å². The normalized spacial score (nSPS) is 18.8. The molecule has 10 nitrogen and oxygen atoms in total. The molecule has 0 aliphatic carbocycles. The minimum atomic E-state index is -0.636. The molecule has 4 rings (SSSR count). The van der Waals surface area contributed by atoms with E-state index in [0.29, 0.717) is 44.9 Å². The first kappa shape index (κ1) is 19.6. The van der Waals surface area contributed by atoms with Crippen LogP contribution in [0.25, 0.3) is 0 Å². The van der Waals surface area contributed by atoms with Crippen LogP contribution >= 0.6 is 0 Å². The molecule has 2 aromatic heterocycles. The van der Waals surface area contributed by atoms with Gasteiger partial charge in [-0.1, -0.05) is 0 Å². The SMILES string of the molecule is Nc1cccnc1N1CCN(C(=O)c2ccc(C(=O)NC3CCOC3=O)cn2)CC1. The Bertz CT molecular complexity index is 956. The van der Waals surface area contributed by atoms with Gasteiger partial charge in [0.1, 0.15) is 11.7 Å². The average molecular weight is 410 g/mol. The number of amides is 2. The highest BCUT2D eigenvalue weighted by Crippen LogP contribution is 2.21. The molecule has 0 aromatic carbocycles. The molecule has 0 spiro atoms. The van der Waals surface area contributed by atoms with E-state index in [1.165, 1.54) is 18.3 Å².